The standard InChI is InChI=1S/C5H8N4O2S/c1-3-7-8-5(9(3)6)12-2-4(10)11/h2,6H2,1H3,(H,10,11). The maximum absolute atomic E-state index is 10.2. The van der Waals surface area contributed by atoms with Gasteiger partial charge in [-0.1, -0.05) is 11.8 Å². The van der Waals surface area contributed by atoms with E-state index < -0.39 is 5.97 Å². The van der Waals surface area contributed by atoms with E-state index in [9.17, 15) is 4.79 Å². The number of aryl methyl sites for hydroxylation is 1. The van der Waals surface area contributed by atoms with Crippen LogP contribution >= 0.6 is 11.8 Å². The maximum Gasteiger partial charge on any atom is 0.313 e. The van der Waals surface area contributed by atoms with Crippen molar-refractivity contribution in [2.45, 2.75) is 12.1 Å². The molecule has 0 aliphatic heterocycles. The minimum Gasteiger partial charge on any atom is -0.481 e. The average Bonchev–Trinajstić information content (AvgIpc) is 2.30. The highest BCUT2D eigenvalue weighted by Crippen LogP contribution is 2.12. The number of nitrogens with zero attached hydrogens (tertiary/aromatic N) is 3. The van der Waals surface area contributed by atoms with E-state index in [1.807, 2.05) is 0 Å². The Labute approximate surface area is 72.7 Å². The number of aliphatic carboxylic acids is 1. The van der Waals surface area contributed by atoms with Crippen LogP contribution in [0.1, 0.15) is 5.82 Å². The van der Waals surface area contributed by atoms with Gasteiger partial charge < -0.3 is 10.9 Å². The van der Waals surface area contributed by atoms with Crippen LogP contribution in [0.5, 0.6) is 0 Å². The molecule has 0 radical (unpaired) electrons. The minimum absolute atomic E-state index is 0.0602. The Morgan fingerprint density at radius 2 is 2.42 bits per heavy atom. The van der Waals surface area contributed by atoms with Crippen LogP contribution in [0.3, 0.4) is 0 Å². The first-order valence-corrected chi connectivity index (χ1v) is 4.11. The second-order valence-electron chi connectivity index (χ2n) is 2.08. The van der Waals surface area contributed by atoms with Gasteiger partial charge in [0.25, 0.3) is 0 Å². The topological polar surface area (TPSA) is 94.0 Å². The SMILES string of the molecule is Cc1nnc(SCC(=O)O)n1N. The van der Waals surface area contributed by atoms with E-state index in [1.165, 1.54) is 4.68 Å². The van der Waals surface area contributed by atoms with Crippen molar-refractivity contribution in [1.29, 1.82) is 0 Å². The Bertz CT molecular complexity index is 298. The summed E-state index contributed by atoms with van der Waals surface area (Å²) in [5.74, 6) is 5.06. The zero-order valence-electron chi connectivity index (χ0n) is 6.39. The highest BCUT2D eigenvalue weighted by atomic mass is 32.2. The molecule has 1 rings (SSSR count). The Hall–Kier alpha value is -1.24. The van der Waals surface area contributed by atoms with Gasteiger partial charge in [0.15, 0.2) is 0 Å². The first-order valence-electron chi connectivity index (χ1n) is 3.13. The lowest BCUT2D eigenvalue weighted by atomic mass is 10.7. The number of rotatable bonds is 3. The first kappa shape index (κ1) is 8.85. The molecule has 0 unspecified atom stereocenters. The highest BCUT2D eigenvalue weighted by Gasteiger charge is 2.07. The summed E-state index contributed by atoms with van der Waals surface area (Å²) < 4.78 is 1.26. The third kappa shape index (κ3) is 1.88. The van der Waals surface area contributed by atoms with E-state index in [-0.39, 0.29) is 5.75 Å². The Kier molecular flexibility index (Phi) is 2.54. The molecule has 0 saturated carbocycles. The second kappa shape index (κ2) is 3.44. The van der Waals surface area contributed by atoms with Crippen molar-refractivity contribution < 1.29 is 9.90 Å². The van der Waals surface area contributed by atoms with Crippen molar-refractivity contribution in [2.24, 2.45) is 0 Å². The van der Waals surface area contributed by atoms with E-state index in [0.717, 1.165) is 11.8 Å². The number of nitrogen functional groups attached to an aromatic ring is 1. The van der Waals surface area contributed by atoms with Crippen molar-refractivity contribution in [3.63, 3.8) is 0 Å². The van der Waals surface area contributed by atoms with E-state index in [1.54, 1.807) is 6.92 Å². The molecule has 0 amide bonds. The summed E-state index contributed by atoms with van der Waals surface area (Å²) in [5.41, 5.74) is 0. The molecule has 0 atom stereocenters. The zero-order valence-corrected chi connectivity index (χ0v) is 7.21. The molecule has 1 heterocycles. The quantitative estimate of drug-likeness (QED) is 0.489. The van der Waals surface area contributed by atoms with Gasteiger partial charge in [-0.3, -0.25) is 4.79 Å². The van der Waals surface area contributed by atoms with Crippen molar-refractivity contribution in [3.8, 4) is 0 Å². The van der Waals surface area contributed by atoms with Gasteiger partial charge in [-0.25, -0.2) is 4.68 Å². The summed E-state index contributed by atoms with van der Waals surface area (Å²) in [4.78, 5) is 10.2. The fourth-order valence-electron chi connectivity index (χ4n) is 0.575. The van der Waals surface area contributed by atoms with Crippen molar-refractivity contribution in [2.75, 3.05) is 11.6 Å². The predicted molar refractivity (Wildman–Crippen MR) is 43.3 cm³/mol. The molecule has 7 heteroatoms. The summed E-state index contributed by atoms with van der Waals surface area (Å²) in [5, 5.41) is 16.1. The van der Waals surface area contributed by atoms with Gasteiger partial charge in [-0.2, -0.15) is 0 Å². The Morgan fingerprint density at radius 3 is 2.83 bits per heavy atom. The fourth-order valence-corrected chi connectivity index (χ4v) is 1.20. The smallest absolute Gasteiger partial charge is 0.313 e. The third-order valence-corrected chi connectivity index (χ3v) is 2.09. The van der Waals surface area contributed by atoms with E-state index in [4.69, 9.17) is 10.9 Å². The van der Waals surface area contributed by atoms with Crippen LogP contribution in [0.25, 0.3) is 0 Å². The summed E-state index contributed by atoms with van der Waals surface area (Å²) in [7, 11) is 0. The molecule has 0 saturated heterocycles. The molecular weight excluding hydrogens is 180 g/mol. The van der Waals surface area contributed by atoms with Gasteiger partial charge in [0.1, 0.15) is 5.82 Å². The molecule has 6 nitrogen and oxygen atoms in total. The molecular formula is C5H8N4O2S. The summed E-state index contributed by atoms with van der Waals surface area (Å²) >= 11 is 1.04. The lowest BCUT2D eigenvalue weighted by Gasteiger charge is -1.97. The van der Waals surface area contributed by atoms with E-state index in [2.05, 4.69) is 10.2 Å². The Morgan fingerprint density at radius 1 is 1.75 bits per heavy atom. The lowest BCUT2D eigenvalue weighted by molar-refractivity contribution is -0.133. The summed E-state index contributed by atoms with van der Waals surface area (Å²) in [6.07, 6.45) is 0. The van der Waals surface area contributed by atoms with Crippen LogP contribution in [0.4, 0.5) is 0 Å². The third-order valence-electron chi connectivity index (χ3n) is 1.16. The average molecular weight is 188 g/mol. The number of hydrogen-bond donors (Lipinski definition) is 2. The number of carbonyl (C=O) groups is 1. The molecule has 0 aliphatic rings. The largest absolute Gasteiger partial charge is 0.481 e. The summed E-state index contributed by atoms with van der Waals surface area (Å²) in [6, 6.07) is 0. The molecule has 66 valence electrons. The van der Waals surface area contributed by atoms with E-state index >= 15 is 0 Å². The van der Waals surface area contributed by atoms with E-state index in [0.29, 0.717) is 11.0 Å². The van der Waals surface area contributed by atoms with Gasteiger partial charge >= 0.3 is 5.97 Å². The minimum atomic E-state index is -0.902. The van der Waals surface area contributed by atoms with Crippen LogP contribution in [0.2, 0.25) is 0 Å². The van der Waals surface area contributed by atoms with Gasteiger partial charge in [0, 0.05) is 0 Å². The molecule has 0 bridgehead atoms. The number of aromatic nitrogens is 3. The number of carboxylic acids is 1. The number of thioether (sulfide) groups is 1. The van der Waals surface area contributed by atoms with Crippen LogP contribution in [0.15, 0.2) is 5.16 Å². The van der Waals surface area contributed by atoms with Gasteiger partial charge in [0.05, 0.1) is 5.75 Å². The van der Waals surface area contributed by atoms with Crippen molar-refractivity contribution >= 4 is 17.7 Å². The molecule has 0 fully saturated rings. The molecule has 3 N–H and O–H groups in total. The van der Waals surface area contributed by atoms with Crippen LogP contribution in [-0.4, -0.2) is 31.7 Å². The predicted octanol–water partition coefficient (Wildman–Crippen LogP) is -0.523. The monoisotopic (exact) mass is 188 g/mol. The lowest BCUT2D eigenvalue weighted by Crippen LogP contribution is -2.12. The molecule has 0 spiro atoms. The number of hydrogen-bond acceptors (Lipinski definition) is 5. The van der Waals surface area contributed by atoms with Crippen LogP contribution < -0.4 is 5.84 Å². The van der Waals surface area contributed by atoms with Crippen molar-refractivity contribution in [1.82, 2.24) is 14.9 Å². The summed E-state index contributed by atoms with van der Waals surface area (Å²) in [6.45, 7) is 1.69. The van der Waals surface area contributed by atoms with Crippen LogP contribution in [-0.2, 0) is 4.79 Å². The molecule has 1 aromatic heterocycles. The van der Waals surface area contributed by atoms with Crippen LogP contribution in [0, 0.1) is 6.92 Å². The van der Waals surface area contributed by atoms with Gasteiger partial charge in [-0.05, 0) is 6.92 Å². The molecule has 0 aliphatic carbocycles. The fraction of sp³-hybridized carbons (Fsp3) is 0.400. The maximum atomic E-state index is 10.2. The van der Waals surface area contributed by atoms with Gasteiger partial charge in [0.2, 0.25) is 5.16 Å². The van der Waals surface area contributed by atoms with Gasteiger partial charge in [-0.15, -0.1) is 10.2 Å². The number of nitrogens with two attached hydrogens (primary N) is 1. The Balaban J connectivity index is 2.63. The zero-order chi connectivity index (χ0) is 9.14. The normalized spacial score (nSPS) is 10.1. The molecule has 0 aromatic carbocycles. The number of carboxylic acid groups (broad SMARTS) is 1. The molecule has 12 heavy (non-hydrogen) atoms. The van der Waals surface area contributed by atoms with Crippen molar-refractivity contribution in [3.05, 3.63) is 5.82 Å². The highest BCUT2D eigenvalue weighted by molar-refractivity contribution is 7.99. The first-order chi connectivity index (χ1) is 5.61. The second-order valence-corrected chi connectivity index (χ2v) is 3.02. The molecule has 1 aromatic rings.